The minimum atomic E-state index is -0.114. The van der Waals surface area contributed by atoms with Crippen LogP contribution in [0.4, 0.5) is 0 Å². The van der Waals surface area contributed by atoms with Crippen molar-refractivity contribution in [2.75, 3.05) is 0 Å². The Morgan fingerprint density at radius 1 is 1.22 bits per heavy atom. The van der Waals surface area contributed by atoms with E-state index in [-0.39, 0.29) is 25.4 Å². The highest BCUT2D eigenvalue weighted by Crippen LogP contribution is 2.22. The van der Waals surface area contributed by atoms with E-state index in [0.29, 0.717) is 21.5 Å². The summed E-state index contributed by atoms with van der Waals surface area (Å²) in [5, 5.41) is 3.79. The van der Waals surface area contributed by atoms with Crippen molar-refractivity contribution in [3.63, 3.8) is 0 Å². The van der Waals surface area contributed by atoms with E-state index in [4.69, 9.17) is 23.2 Å². The second kappa shape index (κ2) is 7.93. The van der Waals surface area contributed by atoms with Crippen LogP contribution in [0.15, 0.2) is 18.2 Å². The first-order chi connectivity index (χ1) is 7.90. The molecule has 0 aliphatic rings. The Hall–Kier alpha value is -0.380. The van der Waals surface area contributed by atoms with Gasteiger partial charge in [0.1, 0.15) is 0 Å². The number of hydrogen-bond acceptors (Lipinski definition) is 1. The van der Waals surface area contributed by atoms with Crippen molar-refractivity contribution in [2.45, 2.75) is 33.2 Å². The molecule has 102 valence electrons. The number of benzene rings is 1. The van der Waals surface area contributed by atoms with Gasteiger partial charge in [0.25, 0.3) is 5.91 Å². The molecule has 0 saturated heterocycles. The lowest BCUT2D eigenvalue weighted by Gasteiger charge is -2.16. The van der Waals surface area contributed by atoms with Crippen molar-refractivity contribution >= 4 is 42.6 Å². The number of carbonyl (C=O) groups is 1. The molecule has 1 rings (SSSR count). The Kier molecular flexibility index (Phi) is 7.76. The molecule has 0 radical (unpaired) electrons. The molecule has 0 bridgehead atoms. The topological polar surface area (TPSA) is 29.1 Å². The van der Waals surface area contributed by atoms with Gasteiger partial charge in [-0.2, -0.15) is 13.5 Å². The summed E-state index contributed by atoms with van der Waals surface area (Å²) in [4.78, 5) is 11.9. The van der Waals surface area contributed by atoms with E-state index in [1.54, 1.807) is 18.2 Å². The molecule has 0 unspecified atom stereocenters. The summed E-state index contributed by atoms with van der Waals surface area (Å²) in [5.74, 6) is 0.441. The number of carbonyl (C=O) groups excluding carboxylic acids is 1. The molecule has 0 aliphatic heterocycles. The van der Waals surface area contributed by atoms with E-state index in [1.165, 1.54) is 0 Å². The molecule has 1 aromatic rings. The van der Waals surface area contributed by atoms with Crippen LogP contribution in [0.25, 0.3) is 0 Å². The Labute approximate surface area is 125 Å². The van der Waals surface area contributed by atoms with Crippen LogP contribution in [0.2, 0.25) is 10.0 Å². The van der Waals surface area contributed by atoms with E-state index in [9.17, 15) is 4.79 Å². The maximum absolute atomic E-state index is 11.9. The van der Waals surface area contributed by atoms with E-state index in [0.717, 1.165) is 6.42 Å². The van der Waals surface area contributed by atoms with Crippen molar-refractivity contribution in [1.29, 1.82) is 0 Å². The molecule has 18 heavy (non-hydrogen) atoms. The van der Waals surface area contributed by atoms with Gasteiger partial charge in [0, 0.05) is 11.6 Å². The van der Waals surface area contributed by atoms with Crippen LogP contribution in [0.3, 0.4) is 0 Å². The quantitative estimate of drug-likeness (QED) is 0.884. The minimum absolute atomic E-state index is 0. The van der Waals surface area contributed by atoms with Crippen molar-refractivity contribution in [3.8, 4) is 0 Å². The van der Waals surface area contributed by atoms with Gasteiger partial charge in [-0.25, -0.2) is 0 Å². The SMILES string of the molecule is CC(C)C[C@H](C)NC(=O)c1ccc(Cl)c(Cl)c1.S. The number of hydrogen-bond donors (Lipinski definition) is 1. The fraction of sp³-hybridized carbons (Fsp3) is 0.462. The molecule has 0 aliphatic carbocycles. The number of rotatable bonds is 4. The second-order valence-corrected chi connectivity index (χ2v) is 5.45. The largest absolute Gasteiger partial charge is 0.350 e. The fourth-order valence-electron chi connectivity index (χ4n) is 1.71. The van der Waals surface area contributed by atoms with Crippen LogP contribution in [-0.2, 0) is 0 Å². The smallest absolute Gasteiger partial charge is 0.251 e. The summed E-state index contributed by atoms with van der Waals surface area (Å²) in [6, 6.07) is 5.04. The van der Waals surface area contributed by atoms with Crippen molar-refractivity contribution in [2.24, 2.45) is 5.92 Å². The molecule has 0 fully saturated rings. The molecule has 1 amide bonds. The average molecular weight is 308 g/mol. The zero-order valence-corrected chi connectivity index (χ0v) is 13.3. The number of nitrogens with one attached hydrogen (secondary N) is 1. The second-order valence-electron chi connectivity index (χ2n) is 4.63. The molecular weight excluding hydrogens is 289 g/mol. The molecule has 1 aromatic carbocycles. The first kappa shape index (κ1) is 17.6. The van der Waals surface area contributed by atoms with Gasteiger partial charge in [-0.15, -0.1) is 0 Å². The van der Waals surface area contributed by atoms with Gasteiger partial charge in [-0.05, 0) is 37.5 Å². The molecule has 1 N–H and O–H groups in total. The molecule has 0 spiro atoms. The zero-order chi connectivity index (χ0) is 13.0. The first-order valence-corrected chi connectivity index (χ1v) is 6.41. The van der Waals surface area contributed by atoms with Crippen LogP contribution in [0.5, 0.6) is 0 Å². The first-order valence-electron chi connectivity index (χ1n) is 5.66. The maximum atomic E-state index is 11.9. The van der Waals surface area contributed by atoms with Gasteiger partial charge in [0.2, 0.25) is 0 Å². The van der Waals surface area contributed by atoms with Crippen molar-refractivity contribution in [1.82, 2.24) is 5.32 Å². The van der Waals surface area contributed by atoms with Crippen LogP contribution >= 0.6 is 36.7 Å². The normalized spacial score (nSPS) is 11.9. The lowest BCUT2D eigenvalue weighted by Crippen LogP contribution is -2.33. The lowest BCUT2D eigenvalue weighted by atomic mass is 10.0. The van der Waals surface area contributed by atoms with E-state index >= 15 is 0 Å². The van der Waals surface area contributed by atoms with Crippen molar-refractivity contribution < 1.29 is 4.79 Å². The predicted octanol–water partition coefficient (Wildman–Crippen LogP) is 4.27. The molecule has 2 nitrogen and oxygen atoms in total. The van der Waals surface area contributed by atoms with Crippen LogP contribution < -0.4 is 5.32 Å². The number of amides is 1. The summed E-state index contributed by atoms with van der Waals surface area (Å²) in [7, 11) is 0. The highest BCUT2D eigenvalue weighted by molar-refractivity contribution is 7.59. The third-order valence-corrected chi connectivity index (χ3v) is 3.12. The van der Waals surface area contributed by atoms with Gasteiger partial charge in [-0.3, -0.25) is 4.79 Å². The van der Waals surface area contributed by atoms with Crippen LogP contribution in [0.1, 0.15) is 37.6 Å². The Balaban J connectivity index is 0.00000289. The van der Waals surface area contributed by atoms with Gasteiger partial charge < -0.3 is 5.32 Å². The Morgan fingerprint density at radius 2 is 1.83 bits per heavy atom. The monoisotopic (exact) mass is 307 g/mol. The zero-order valence-electron chi connectivity index (χ0n) is 10.8. The molecule has 0 saturated carbocycles. The standard InChI is InChI=1S/C13H17Cl2NO.H2S/c1-8(2)6-9(3)16-13(17)10-4-5-11(14)12(15)7-10;/h4-5,7-9H,6H2,1-3H3,(H,16,17);1H2/t9-;/m0./s1. The predicted molar refractivity (Wildman–Crippen MR) is 83.2 cm³/mol. The Morgan fingerprint density at radius 3 is 2.33 bits per heavy atom. The number of halogens is 2. The van der Waals surface area contributed by atoms with Crippen LogP contribution in [-0.4, -0.2) is 11.9 Å². The third-order valence-electron chi connectivity index (χ3n) is 2.38. The summed E-state index contributed by atoms with van der Waals surface area (Å²) >= 11 is 11.7. The van der Waals surface area contributed by atoms with Gasteiger partial charge >= 0.3 is 0 Å². The summed E-state index contributed by atoms with van der Waals surface area (Å²) in [6.45, 7) is 6.25. The highest BCUT2D eigenvalue weighted by atomic mass is 35.5. The lowest BCUT2D eigenvalue weighted by molar-refractivity contribution is 0.0936. The molecule has 5 heteroatoms. The van der Waals surface area contributed by atoms with Gasteiger partial charge in [0.15, 0.2) is 0 Å². The molecule has 0 aromatic heterocycles. The summed E-state index contributed by atoms with van der Waals surface area (Å²) < 4.78 is 0. The summed E-state index contributed by atoms with van der Waals surface area (Å²) in [6.07, 6.45) is 0.951. The summed E-state index contributed by atoms with van der Waals surface area (Å²) in [5.41, 5.74) is 0.537. The molecular formula is C13H19Cl2NOS. The maximum Gasteiger partial charge on any atom is 0.251 e. The van der Waals surface area contributed by atoms with E-state index < -0.39 is 0 Å². The van der Waals surface area contributed by atoms with Gasteiger partial charge in [0.05, 0.1) is 10.0 Å². The molecule has 0 heterocycles. The Bertz CT molecular complexity index is 410. The van der Waals surface area contributed by atoms with Crippen molar-refractivity contribution in [3.05, 3.63) is 33.8 Å². The molecule has 1 atom stereocenters. The minimum Gasteiger partial charge on any atom is -0.350 e. The van der Waals surface area contributed by atoms with Gasteiger partial charge in [-0.1, -0.05) is 37.0 Å². The fourth-order valence-corrected chi connectivity index (χ4v) is 2.01. The highest BCUT2D eigenvalue weighted by Gasteiger charge is 2.12. The van der Waals surface area contributed by atoms with E-state index in [1.807, 2.05) is 6.92 Å². The van der Waals surface area contributed by atoms with Crippen LogP contribution in [0, 0.1) is 5.92 Å². The third kappa shape index (κ3) is 5.51. The average Bonchev–Trinajstić information content (AvgIpc) is 2.20. The van der Waals surface area contributed by atoms with E-state index in [2.05, 4.69) is 19.2 Å².